The van der Waals surface area contributed by atoms with Crippen molar-refractivity contribution in [2.24, 2.45) is 0 Å². The van der Waals surface area contributed by atoms with Gasteiger partial charge in [0.05, 0.1) is 0 Å². The van der Waals surface area contributed by atoms with Crippen LogP contribution in [0.25, 0.3) is 0 Å². The summed E-state index contributed by atoms with van der Waals surface area (Å²) >= 11 is 0. The third kappa shape index (κ3) is 2.26. The number of nitrogens with one attached hydrogen (secondary N) is 1. The second-order valence-corrected chi connectivity index (χ2v) is 2.43. The van der Waals surface area contributed by atoms with E-state index in [-0.39, 0.29) is 5.82 Å². The largest absolute Gasteiger partial charge is 0.474 e. The Labute approximate surface area is 74.4 Å². The van der Waals surface area contributed by atoms with E-state index in [1.165, 1.54) is 6.20 Å². The van der Waals surface area contributed by atoms with Crippen LogP contribution in [0.2, 0.25) is 0 Å². The predicted octanol–water partition coefficient (Wildman–Crippen LogP) is 0.413. The molecule has 68 valence electrons. The number of carbonyl (C=O) groups excluding carboxylic acids is 1. The number of pyridine rings is 1. The van der Waals surface area contributed by atoms with Gasteiger partial charge < -0.3 is 10.4 Å². The molecule has 13 heavy (non-hydrogen) atoms. The van der Waals surface area contributed by atoms with E-state index in [0.29, 0.717) is 0 Å². The van der Waals surface area contributed by atoms with Crippen LogP contribution in [0.15, 0.2) is 18.3 Å². The minimum Gasteiger partial charge on any atom is -0.474 e. The van der Waals surface area contributed by atoms with Crippen LogP contribution in [0.3, 0.4) is 0 Å². The van der Waals surface area contributed by atoms with Gasteiger partial charge in [0.25, 0.3) is 0 Å². The smallest absolute Gasteiger partial charge is 0.394 e. The fourth-order valence-corrected chi connectivity index (χ4v) is 0.778. The Morgan fingerprint density at radius 1 is 1.54 bits per heavy atom. The second kappa shape index (κ2) is 3.66. The molecule has 0 saturated heterocycles. The maximum Gasteiger partial charge on any atom is 0.394 e. The van der Waals surface area contributed by atoms with Gasteiger partial charge in [-0.2, -0.15) is 0 Å². The monoisotopic (exact) mass is 180 g/mol. The van der Waals surface area contributed by atoms with Gasteiger partial charge in [-0.05, 0) is 18.6 Å². The number of aromatic nitrogens is 1. The average Bonchev–Trinajstić information content (AvgIpc) is 2.08. The Bertz CT molecular complexity index is 349. The zero-order valence-electron chi connectivity index (χ0n) is 6.94. The molecule has 0 radical (unpaired) electrons. The van der Waals surface area contributed by atoms with E-state index in [2.05, 4.69) is 10.3 Å². The van der Waals surface area contributed by atoms with Crippen molar-refractivity contribution in [1.29, 1.82) is 0 Å². The van der Waals surface area contributed by atoms with Crippen LogP contribution < -0.4 is 5.32 Å². The number of amides is 1. The molecular formula is C8H8N2O3. The van der Waals surface area contributed by atoms with E-state index in [1.54, 1.807) is 19.1 Å². The molecule has 0 unspecified atom stereocenters. The van der Waals surface area contributed by atoms with Gasteiger partial charge >= 0.3 is 11.9 Å². The number of carbonyl (C=O) groups is 2. The van der Waals surface area contributed by atoms with Crippen molar-refractivity contribution in [2.45, 2.75) is 6.92 Å². The van der Waals surface area contributed by atoms with E-state index >= 15 is 0 Å². The van der Waals surface area contributed by atoms with Gasteiger partial charge in [0.15, 0.2) is 0 Å². The second-order valence-electron chi connectivity index (χ2n) is 2.43. The SMILES string of the molecule is Cc1cccnc1NC(=O)C(=O)O. The third-order valence-corrected chi connectivity index (χ3v) is 1.44. The molecule has 0 fully saturated rings. The summed E-state index contributed by atoms with van der Waals surface area (Å²) in [4.78, 5) is 24.7. The lowest BCUT2D eigenvalue weighted by Gasteiger charge is -2.02. The third-order valence-electron chi connectivity index (χ3n) is 1.44. The summed E-state index contributed by atoms with van der Waals surface area (Å²) in [7, 11) is 0. The predicted molar refractivity (Wildman–Crippen MR) is 45.2 cm³/mol. The quantitative estimate of drug-likeness (QED) is 0.613. The Kier molecular flexibility index (Phi) is 2.59. The molecule has 1 aromatic rings. The van der Waals surface area contributed by atoms with Crippen molar-refractivity contribution in [3.8, 4) is 0 Å². The maximum atomic E-state index is 10.7. The zero-order valence-corrected chi connectivity index (χ0v) is 6.94. The number of aryl methyl sites for hydroxylation is 1. The normalized spacial score (nSPS) is 9.31. The minimum atomic E-state index is -1.52. The number of hydrogen-bond donors (Lipinski definition) is 2. The van der Waals surface area contributed by atoms with Gasteiger partial charge in [-0.15, -0.1) is 0 Å². The first-order chi connectivity index (χ1) is 6.11. The molecule has 0 atom stereocenters. The lowest BCUT2D eigenvalue weighted by molar-refractivity contribution is -0.147. The number of aliphatic carboxylic acids is 1. The first kappa shape index (κ1) is 9.18. The van der Waals surface area contributed by atoms with Crippen molar-refractivity contribution in [3.05, 3.63) is 23.9 Å². The van der Waals surface area contributed by atoms with E-state index in [1.807, 2.05) is 0 Å². The van der Waals surface area contributed by atoms with Crippen LogP contribution in [0, 0.1) is 6.92 Å². The number of anilines is 1. The van der Waals surface area contributed by atoms with Gasteiger partial charge in [-0.1, -0.05) is 6.07 Å². The molecule has 0 aliphatic rings. The fraction of sp³-hybridized carbons (Fsp3) is 0.125. The van der Waals surface area contributed by atoms with Gasteiger partial charge in [0.1, 0.15) is 5.82 Å². The number of nitrogens with zero attached hydrogens (tertiary/aromatic N) is 1. The standard InChI is InChI=1S/C8H8N2O3/c1-5-3-2-4-9-6(5)10-7(11)8(12)13/h2-4H,1H3,(H,12,13)(H,9,10,11). The Hall–Kier alpha value is -1.91. The van der Waals surface area contributed by atoms with Crippen molar-refractivity contribution >= 4 is 17.7 Å². The first-order valence-corrected chi connectivity index (χ1v) is 3.57. The van der Waals surface area contributed by atoms with Crippen LogP contribution in [0.1, 0.15) is 5.56 Å². The number of carboxylic acids is 1. The molecule has 0 saturated carbocycles. The summed E-state index contributed by atoms with van der Waals surface area (Å²) in [5.41, 5.74) is 0.720. The van der Waals surface area contributed by atoms with Gasteiger partial charge in [0, 0.05) is 6.20 Å². The van der Waals surface area contributed by atoms with E-state index in [0.717, 1.165) is 5.56 Å². The van der Waals surface area contributed by atoms with Crippen LogP contribution in [-0.2, 0) is 9.59 Å². The fourth-order valence-electron chi connectivity index (χ4n) is 0.778. The minimum absolute atomic E-state index is 0.273. The highest BCUT2D eigenvalue weighted by Gasteiger charge is 2.12. The van der Waals surface area contributed by atoms with Crippen LogP contribution in [-0.4, -0.2) is 22.0 Å². The zero-order chi connectivity index (χ0) is 9.84. The molecule has 0 bridgehead atoms. The summed E-state index contributed by atoms with van der Waals surface area (Å²) in [5, 5.41) is 10.5. The summed E-state index contributed by atoms with van der Waals surface area (Å²) in [5.74, 6) is -2.33. The number of hydrogen-bond acceptors (Lipinski definition) is 3. The Morgan fingerprint density at radius 3 is 2.77 bits per heavy atom. The van der Waals surface area contributed by atoms with Crippen LogP contribution in [0.4, 0.5) is 5.82 Å². The van der Waals surface area contributed by atoms with Crippen molar-refractivity contribution in [1.82, 2.24) is 4.98 Å². The Morgan fingerprint density at radius 2 is 2.23 bits per heavy atom. The molecule has 1 rings (SSSR count). The number of rotatable bonds is 1. The van der Waals surface area contributed by atoms with Crippen LogP contribution in [0.5, 0.6) is 0 Å². The van der Waals surface area contributed by atoms with E-state index in [4.69, 9.17) is 5.11 Å². The molecule has 0 spiro atoms. The molecular weight excluding hydrogens is 172 g/mol. The van der Waals surface area contributed by atoms with Gasteiger partial charge in [-0.25, -0.2) is 9.78 Å². The first-order valence-electron chi connectivity index (χ1n) is 3.57. The van der Waals surface area contributed by atoms with Crippen molar-refractivity contribution in [3.63, 3.8) is 0 Å². The highest BCUT2D eigenvalue weighted by Crippen LogP contribution is 2.08. The highest BCUT2D eigenvalue weighted by atomic mass is 16.4. The maximum absolute atomic E-state index is 10.7. The van der Waals surface area contributed by atoms with Gasteiger partial charge in [0.2, 0.25) is 0 Å². The molecule has 0 aliphatic carbocycles. The molecule has 5 heteroatoms. The van der Waals surface area contributed by atoms with Crippen molar-refractivity contribution in [2.75, 3.05) is 5.32 Å². The topological polar surface area (TPSA) is 79.3 Å². The number of carboxylic acid groups (broad SMARTS) is 1. The van der Waals surface area contributed by atoms with Crippen LogP contribution >= 0.6 is 0 Å². The summed E-state index contributed by atoms with van der Waals surface area (Å²) in [6, 6.07) is 3.43. The molecule has 5 nitrogen and oxygen atoms in total. The molecule has 2 N–H and O–H groups in total. The molecule has 0 aromatic carbocycles. The summed E-state index contributed by atoms with van der Waals surface area (Å²) in [6.45, 7) is 1.73. The lowest BCUT2D eigenvalue weighted by Crippen LogP contribution is -2.22. The Balaban J connectivity index is 2.81. The van der Waals surface area contributed by atoms with E-state index < -0.39 is 11.9 Å². The lowest BCUT2D eigenvalue weighted by atomic mass is 10.3. The molecule has 1 amide bonds. The molecule has 0 aliphatic heterocycles. The average molecular weight is 180 g/mol. The highest BCUT2D eigenvalue weighted by molar-refractivity contribution is 6.36. The summed E-state index contributed by atoms with van der Waals surface area (Å²) < 4.78 is 0. The van der Waals surface area contributed by atoms with Crippen molar-refractivity contribution < 1.29 is 14.7 Å². The van der Waals surface area contributed by atoms with E-state index in [9.17, 15) is 9.59 Å². The molecule has 1 heterocycles. The summed E-state index contributed by atoms with van der Waals surface area (Å²) in [6.07, 6.45) is 1.48. The molecule has 1 aromatic heterocycles. The van der Waals surface area contributed by atoms with Gasteiger partial charge in [-0.3, -0.25) is 4.79 Å².